The van der Waals surface area contributed by atoms with Crippen molar-refractivity contribution >= 4 is 9.84 Å². The lowest BCUT2D eigenvalue weighted by Gasteiger charge is -2.29. The first-order chi connectivity index (χ1) is 8.32. The second-order valence-electron chi connectivity index (χ2n) is 5.04. The van der Waals surface area contributed by atoms with Gasteiger partial charge >= 0.3 is 0 Å². The fraction of sp³-hybridized carbons (Fsp3) is 0.571. The van der Waals surface area contributed by atoms with Crippen LogP contribution in [0.1, 0.15) is 39.2 Å². The molecule has 1 atom stereocenters. The van der Waals surface area contributed by atoms with Crippen LogP contribution >= 0.6 is 0 Å². The highest BCUT2D eigenvalue weighted by molar-refractivity contribution is 7.91. The van der Waals surface area contributed by atoms with Crippen LogP contribution in [-0.4, -0.2) is 19.4 Å². The lowest BCUT2D eigenvalue weighted by molar-refractivity contribution is 0.411. The first-order valence-corrected chi connectivity index (χ1v) is 8.09. The lowest BCUT2D eigenvalue weighted by Crippen LogP contribution is -2.38. The van der Waals surface area contributed by atoms with E-state index in [1.165, 1.54) is 0 Å². The van der Waals surface area contributed by atoms with Crippen LogP contribution in [0.2, 0.25) is 0 Å². The van der Waals surface area contributed by atoms with Crippen molar-refractivity contribution in [1.82, 2.24) is 0 Å². The molecule has 0 aliphatic heterocycles. The Morgan fingerprint density at radius 1 is 1.22 bits per heavy atom. The minimum atomic E-state index is -3.03. The smallest absolute Gasteiger partial charge is 0.152 e. The molecule has 1 rings (SSSR count). The SMILES string of the molecule is CCC(N)(CCS(=O)(=O)C(C)C)c1ccccc1. The second kappa shape index (κ2) is 5.85. The van der Waals surface area contributed by atoms with Crippen LogP contribution in [0.5, 0.6) is 0 Å². The summed E-state index contributed by atoms with van der Waals surface area (Å²) in [6, 6.07) is 9.73. The van der Waals surface area contributed by atoms with Crippen molar-refractivity contribution in [1.29, 1.82) is 0 Å². The molecule has 0 aliphatic rings. The Morgan fingerprint density at radius 2 is 1.78 bits per heavy atom. The monoisotopic (exact) mass is 269 g/mol. The molecule has 0 spiro atoms. The van der Waals surface area contributed by atoms with Crippen LogP contribution in [0, 0.1) is 0 Å². The molecule has 0 aromatic heterocycles. The van der Waals surface area contributed by atoms with Crippen molar-refractivity contribution in [3.63, 3.8) is 0 Å². The molecule has 1 aromatic rings. The zero-order chi connectivity index (χ0) is 13.8. The molecule has 2 N–H and O–H groups in total. The summed E-state index contributed by atoms with van der Waals surface area (Å²) in [4.78, 5) is 0. The normalized spacial score (nSPS) is 15.6. The molecule has 0 bridgehead atoms. The van der Waals surface area contributed by atoms with E-state index in [9.17, 15) is 8.42 Å². The molecule has 102 valence electrons. The fourth-order valence-electron chi connectivity index (χ4n) is 1.86. The van der Waals surface area contributed by atoms with Crippen LogP contribution in [0.4, 0.5) is 0 Å². The third kappa shape index (κ3) is 3.56. The minimum Gasteiger partial charge on any atom is -0.321 e. The molecular formula is C14H23NO2S. The van der Waals surface area contributed by atoms with Crippen LogP contribution in [0.3, 0.4) is 0 Å². The summed E-state index contributed by atoms with van der Waals surface area (Å²) in [5, 5.41) is -0.339. The molecule has 4 heteroatoms. The largest absolute Gasteiger partial charge is 0.321 e. The van der Waals surface area contributed by atoms with E-state index in [0.717, 1.165) is 12.0 Å². The third-order valence-electron chi connectivity index (χ3n) is 3.53. The zero-order valence-electron chi connectivity index (χ0n) is 11.4. The average Bonchev–Trinajstić information content (AvgIpc) is 2.37. The summed E-state index contributed by atoms with van der Waals surface area (Å²) in [6.07, 6.45) is 1.19. The van der Waals surface area contributed by atoms with Gasteiger partial charge in [0.25, 0.3) is 0 Å². The molecule has 0 saturated heterocycles. The molecule has 0 aliphatic carbocycles. The summed E-state index contributed by atoms with van der Waals surface area (Å²) in [6.45, 7) is 5.42. The highest BCUT2D eigenvalue weighted by atomic mass is 32.2. The molecule has 0 radical (unpaired) electrons. The average molecular weight is 269 g/mol. The number of benzene rings is 1. The predicted molar refractivity (Wildman–Crippen MR) is 76.1 cm³/mol. The maximum Gasteiger partial charge on any atom is 0.152 e. The van der Waals surface area contributed by atoms with Crippen LogP contribution in [-0.2, 0) is 15.4 Å². The van der Waals surface area contributed by atoms with Gasteiger partial charge in [0.05, 0.1) is 11.0 Å². The van der Waals surface area contributed by atoms with E-state index in [2.05, 4.69) is 0 Å². The Hall–Kier alpha value is -0.870. The summed E-state index contributed by atoms with van der Waals surface area (Å²) < 4.78 is 23.7. The van der Waals surface area contributed by atoms with Gasteiger partial charge in [0.15, 0.2) is 9.84 Å². The van der Waals surface area contributed by atoms with Gasteiger partial charge < -0.3 is 5.73 Å². The number of hydrogen-bond acceptors (Lipinski definition) is 3. The van der Waals surface area contributed by atoms with E-state index in [-0.39, 0.29) is 11.0 Å². The Bertz CT molecular complexity index is 468. The summed E-state index contributed by atoms with van der Waals surface area (Å²) >= 11 is 0. The van der Waals surface area contributed by atoms with Crippen molar-refractivity contribution in [2.45, 2.75) is 44.4 Å². The predicted octanol–water partition coefficient (Wildman–Crippen LogP) is 2.46. The molecule has 1 aromatic carbocycles. The van der Waals surface area contributed by atoms with Gasteiger partial charge in [0.1, 0.15) is 0 Å². The van der Waals surface area contributed by atoms with Gasteiger partial charge in [0, 0.05) is 5.54 Å². The molecule has 18 heavy (non-hydrogen) atoms. The van der Waals surface area contributed by atoms with Gasteiger partial charge in [-0.15, -0.1) is 0 Å². The molecule has 3 nitrogen and oxygen atoms in total. The van der Waals surface area contributed by atoms with Crippen molar-refractivity contribution in [2.24, 2.45) is 5.73 Å². The van der Waals surface area contributed by atoms with Crippen LogP contribution in [0.15, 0.2) is 30.3 Å². The van der Waals surface area contributed by atoms with Gasteiger partial charge in [0.2, 0.25) is 0 Å². The maximum absolute atomic E-state index is 11.9. The lowest BCUT2D eigenvalue weighted by atomic mass is 9.86. The zero-order valence-corrected chi connectivity index (χ0v) is 12.2. The quantitative estimate of drug-likeness (QED) is 0.863. The van der Waals surface area contributed by atoms with Crippen molar-refractivity contribution in [3.05, 3.63) is 35.9 Å². The minimum absolute atomic E-state index is 0.143. The van der Waals surface area contributed by atoms with Crippen LogP contribution < -0.4 is 5.73 Å². The van der Waals surface area contributed by atoms with E-state index in [4.69, 9.17) is 5.73 Å². The van der Waals surface area contributed by atoms with Gasteiger partial charge in [-0.2, -0.15) is 0 Å². The third-order valence-corrected chi connectivity index (χ3v) is 5.74. The Kier molecular flexibility index (Phi) is 4.93. The number of sulfone groups is 1. The van der Waals surface area contributed by atoms with E-state index in [1.54, 1.807) is 13.8 Å². The summed E-state index contributed by atoms with van der Waals surface area (Å²) in [7, 11) is -3.03. The standard InChI is InChI=1S/C14H23NO2S/c1-4-14(15,13-8-6-5-7-9-13)10-11-18(16,17)12(2)3/h5-9,12H,4,10-11,15H2,1-3H3. The first kappa shape index (κ1) is 15.2. The molecule has 0 saturated carbocycles. The van der Waals surface area contributed by atoms with Crippen molar-refractivity contribution in [2.75, 3.05) is 5.75 Å². The molecule has 0 amide bonds. The molecule has 0 fully saturated rings. The van der Waals surface area contributed by atoms with Gasteiger partial charge in [-0.1, -0.05) is 37.3 Å². The van der Waals surface area contributed by atoms with E-state index >= 15 is 0 Å². The second-order valence-corrected chi connectivity index (χ2v) is 7.72. The fourth-order valence-corrected chi connectivity index (χ4v) is 2.98. The Morgan fingerprint density at radius 3 is 2.22 bits per heavy atom. The van der Waals surface area contributed by atoms with Crippen molar-refractivity contribution in [3.8, 4) is 0 Å². The maximum atomic E-state index is 11.9. The van der Waals surface area contributed by atoms with E-state index < -0.39 is 15.4 Å². The topological polar surface area (TPSA) is 60.2 Å². The highest BCUT2D eigenvalue weighted by Gasteiger charge is 2.28. The first-order valence-electron chi connectivity index (χ1n) is 6.38. The molecule has 0 heterocycles. The van der Waals surface area contributed by atoms with E-state index in [1.807, 2.05) is 37.3 Å². The number of hydrogen-bond donors (Lipinski definition) is 1. The van der Waals surface area contributed by atoms with E-state index in [0.29, 0.717) is 6.42 Å². The highest BCUT2D eigenvalue weighted by Crippen LogP contribution is 2.26. The molecular weight excluding hydrogens is 246 g/mol. The Balaban J connectivity index is 2.86. The van der Waals surface area contributed by atoms with Gasteiger partial charge in [-0.25, -0.2) is 8.42 Å². The number of rotatable bonds is 6. The summed E-state index contributed by atoms with van der Waals surface area (Å²) in [5.41, 5.74) is 6.82. The van der Waals surface area contributed by atoms with Gasteiger partial charge in [-0.05, 0) is 32.3 Å². The van der Waals surface area contributed by atoms with Crippen molar-refractivity contribution < 1.29 is 8.42 Å². The number of nitrogens with two attached hydrogens (primary N) is 1. The Labute approximate surface area is 110 Å². The summed E-state index contributed by atoms with van der Waals surface area (Å²) in [5.74, 6) is 0.143. The van der Waals surface area contributed by atoms with Crippen LogP contribution in [0.25, 0.3) is 0 Å². The van der Waals surface area contributed by atoms with Gasteiger partial charge in [-0.3, -0.25) is 0 Å². The molecule has 1 unspecified atom stereocenters.